The van der Waals surface area contributed by atoms with Crippen LogP contribution in [0.4, 0.5) is 13.2 Å². The minimum atomic E-state index is -4.77. The van der Waals surface area contributed by atoms with Gasteiger partial charge >= 0.3 is 6.36 Å². The molecule has 21 heavy (non-hydrogen) atoms. The van der Waals surface area contributed by atoms with Gasteiger partial charge in [-0.1, -0.05) is 12.1 Å². The number of halogens is 3. The van der Waals surface area contributed by atoms with Crippen molar-refractivity contribution in [2.24, 2.45) is 5.73 Å². The number of benzene rings is 1. The molecule has 0 amide bonds. The quantitative estimate of drug-likeness (QED) is 0.918. The molecule has 0 fully saturated rings. The van der Waals surface area contributed by atoms with Crippen LogP contribution in [0.1, 0.15) is 17.1 Å². The average molecular weight is 301 g/mol. The largest absolute Gasteiger partial charge is 0.573 e. The lowest BCUT2D eigenvalue weighted by atomic mass is 10.2. The van der Waals surface area contributed by atoms with Gasteiger partial charge in [-0.05, 0) is 25.1 Å². The lowest BCUT2D eigenvalue weighted by Gasteiger charge is -2.13. The van der Waals surface area contributed by atoms with E-state index < -0.39 is 6.36 Å². The summed E-state index contributed by atoms with van der Waals surface area (Å²) in [6.07, 6.45) is -4.77. The fraction of sp³-hybridized carbons (Fsp3) is 0.286. The molecule has 0 unspecified atom stereocenters. The number of alkyl halides is 3. The Labute approximate surface area is 119 Å². The zero-order valence-corrected chi connectivity index (χ0v) is 11.2. The minimum absolute atomic E-state index is 0.00437. The molecule has 4 nitrogen and oxygen atoms in total. The smallest absolute Gasteiger partial charge is 0.485 e. The van der Waals surface area contributed by atoms with Crippen molar-refractivity contribution >= 4 is 0 Å². The van der Waals surface area contributed by atoms with Crippen molar-refractivity contribution in [3.63, 3.8) is 0 Å². The molecule has 0 spiro atoms. The standard InChI is InChI=1S/C14H14F3NO3/c1-9-10(6-11(7-18)20-9)8-19-12-4-2-3-5-13(12)21-14(15,16)17/h2-6H,7-8,18H2,1H3. The molecule has 0 aliphatic rings. The highest BCUT2D eigenvalue weighted by molar-refractivity contribution is 5.39. The van der Waals surface area contributed by atoms with Gasteiger partial charge in [-0.2, -0.15) is 0 Å². The van der Waals surface area contributed by atoms with Gasteiger partial charge in [0.05, 0.1) is 6.54 Å². The summed E-state index contributed by atoms with van der Waals surface area (Å²) in [6.45, 7) is 2.04. The van der Waals surface area contributed by atoms with Gasteiger partial charge in [0, 0.05) is 5.56 Å². The first-order valence-corrected chi connectivity index (χ1v) is 6.15. The Hall–Kier alpha value is -2.15. The summed E-state index contributed by atoms with van der Waals surface area (Å²) in [5.74, 6) is 0.825. The third kappa shape index (κ3) is 4.16. The molecule has 114 valence electrons. The van der Waals surface area contributed by atoms with Crippen molar-refractivity contribution in [3.8, 4) is 11.5 Å². The van der Waals surface area contributed by atoms with E-state index in [1.54, 1.807) is 19.1 Å². The molecule has 2 aromatic rings. The Morgan fingerprint density at radius 2 is 1.86 bits per heavy atom. The maximum atomic E-state index is 12.3. The van der Waals surface area contributed by atoms with E-state index >= 15 is 0 Å². The van der Waals surface area contributed by atoms with Gasteiger partial charge < -0.3 is 19.6 Å². The van der Waals surface area contributed by atoms with Crippen LogP contribution in [0.15, 0.2) is 34.7 Å². The summed E-state index contributed by atoms with van der Waals surface area (Å²) in [5.41, 5.74) is 6.17. The Kier molecular flexibility index (Phi) is 4.42. The van der Waals surface area contributed by atoms with Crippen LogP contribution in [0.3, 0.4) is 0 Å². The Morgan fingerprint density at radius 3 is 2.43 bits per heavy atom. The summed E-state index contributed by atoms with van der Waals surface area (Å²) in [6, 6.07) is 7.30. The van der Waals surface area contributed by atoms with Gasteiger partial charge in [0.25, 0.3) is 0 Å². The lowest BCUT2D eigenvalue weighted by Crippen LogP contribution is -2.17. The second-order valence-corrected chi connectivity index (χ2v) is 4.28. The number of furan rings is 1. The summed E-state index contributed by atoms with van der Waals surface area (Å²) in [5, 5.41) is 0. The maximum Gasteiger partial charge on any atom is 0.573 e. The SMILES string of the molecule is Cc1oc(CN)cc1COc1ccccc1OC(F)(F)F. The molecule has 2 N–H and O–H groups in total. The summed E-state index contributed by atoms with van der Waals surface area (Å²) >= 11 is 0. The highest BCUT2D eigenvalue weighted by atomic mass is 19.4. The highest BCUT2D eigenvalue weighted by Gasteiger charge is 2.32. The van der Waals surface area contributed by atoms with Gasteiger partial charge in [-0.3, -0.25) is 0 Å². The molecule has 0 saturated heterocycles. The first-order valence-electron chi connectivity index (χ1n) is 6.15. The Bertz CT molecular complexity index is 608. The fourth-order valence-electron chi connectivity index (χ4n) is 1.77. The van der Waals surface area contributed by atoms with E-state index in [4.69, 9.17) is 14.9 Å². The summed E-state index contributed by atoms with van der Waals surface area (Å²) < 4.78 is 51.5. The zero-order chi connectivity index (χ0) is 15.5. The van der Waals surface area contributed by atoms with Crippen LogP contribution in [0.25, 0.3) is 0 Å². The normalized spacial score (nSPS) is 11.5. The van der Waals surface area contributed by atoms with Crippen LogP contribution in [0.2, 0.25) is 0 Å². The van der Waals surface area contributed by atoms with Crippen molar-refractivity contribution in [3.05, 3.63) is 47.4 Å². The van der Waals surface area contributed by atoms with Crippen LogP contribution in [-0.4, -0.2) is 6.36 Å². The van der Waals surface area contributed by atoms with Crippen molar-refractivity contribution in [2.75, 3.05) is 0 Å². The van der Waals surface area contributed by atoms with Crippen LogP contribution in [0, 0.1) is 6.92 Å². The van der Waals surface area contributed by atoms with Gasteiger partial charge in [0.2, 0.25) is 0 Å². The van der Waals surface area contributed by atoms with Crippen molar-refractivity contribution in [1.29, 1.82) is 0 Å². The van der Waals surface area contributed by atoms with Crippen molar-refractivity contribution < 1.29 is 27.1 Å². The van der Waals surface area contributed by atoms with E-state index in [1.165, 1.54) is 18.2 Å². The van der Waals surface area contributed by atoms with Gasteiger partial charge in [0.1, 0.15) is 18.1 Å². The van der Waals surface area contributed by atoms with Crippen LogP contribution >= 0.6 is 0 Å². The molecule has 1 aromatic carbocycles. The maximum absolute atomic E-state index is 12.3. The minimum Gasteiger partial charge on any atom is -0.485 e. The van der Waals surface area contributed by atoms with E-state index in [0.29, 0.717) is 11.5 Å². The molecule has 0 bridgehead atoms. The predicted octanol–water partition coefficient (Wildman–Crippen LogP) is 3.52. The van der Waals surface area contributed by atoms with E-state index in [9.17, 15) is 13.2 Å². The van der Waals surface area contributed by atoms with E-state index in [0.717, 1.165) is 5.56 Å². The number of rotatable bonds is 5. The second kappa shape index (κ2) is 6.09. The van der Waals surface area contributed by atoms with Gasteiger partial charge in [0.15, 0.2) is 11.5 Å². The molecule has 0 aliphatic heterocycles. The fourth-order valence-corrected chi connectivity index (χ4v) is 1.77. The third-order valence-electron chi connectivity index (χ3n) is 2.73. The summed E-state index contributed by atoms with van der Waals surface area (Å²) in [7, 11) is 0. The zero-order valence-electron chi connectivity index (χ0n) is 11.2. The van der Waals surface area contributed by atoms with E-state index in [-0.39, 0.29) is 24.7 Å². The molecule has 0 radical (unpaired) electrons. The number of para-hydroxylation sites is 2. The topological polar surface area (TPSA) is 57.6 Å². The van der Waals surface area contributed by atoms with E-state index in [1.807, 2.05) is 0 Å². The lowest BCUT2D eigenvalue weighted by molar-refractivity contribution is -0.275. The summed E-state index contributed by atoms with van der Waals surface area (Å²) in [4.78, 5) is 0. The average Bonchev–Trinajstić information content (AvgIpc) is 2.77. The van der Waals surface area contributed by atoms with Crippen LogP contribution in [-0.2, 0) is 13.2 Å². The molecule has 1 heterocycles. The molecular weight excluding hydrogens is 287 g/mol. The molecule has 0 aliphatic carbocycles. The Balaban J connectivity index is 2.11. The first kappa shape index (κ1) is 15.2. The molecule has 0 atom stereocenters. The third-order valence-corrected chi connectivity index (χ3v) is 2.73. The molecular formula is C14H14F3NO3. The monoisotopic (exact) mass is 301 g/mol. The van der Waals surface area contributed by atoms with Crippen molar-refractivity contribution in [1.82, 2.24) is 0 Å². The molecule has 1 aromatic heterocycles. The Morgan fingerprint density at radius 1 is 1.19 bits per heavy atom. The number of nitrogens with two attached hydrogens (primary N) is 1. The van der Waals surface area contributed by atoms with Crippen molar-refractivity contribution in [2.45, 2.75) is 26.4 Å². The van der Waals surface area contributed by atoms with E-state index in [2.05, 4.69) is 4.74 Å². The number of aryl methyl sites for hydroxylation is 1. The molecule has 0 saturated carbocycles. The molecule has 2 rings (SSSR count). The predicted molar refractivity (Wildman–Crippen MR) is 68.8 cm³/mol. The van der Waals surface area contributed by atoms with Crippen LogP contribution < -0.4 is 15.2 Å². The molecule has 7 heteroatoms. The second-order valence-electron chi connectivity index (χ2n) is 4.28. The number of hydrogen-bond donors (Lipinski definition) is 1. The van der Waals surface area contributed by atoms with Crippen LogP contribution in [0.5, 0.6) is 11.5 Å². The first-order chi connectivity index (χ1) is 9.89. The highest BCUT2D eigenvalue weighted by Crippen LogP contribution is 2.32. The van der Waals surface area contributed by atoms with Gasteiger partial charge in [-0.25, -0.2) is 0 Å². The number of ether oxygens (including phenoxy) is 2. The number of hydrogen-bond acceptors (Lipinski definition) is 4. The van der Waals surface area contributed by atoms with Gasteiger partial charge in [-0.15, -0.1) is 13.2 Å².